The molecule has 19 heavy (non-hydrogen) atoms. The summed E-state index contributed by atoms with van der Waals surface area (Å²) in [6.45, 7) is 2.08. The Morgan fingerprint density at radius 2 is 2.05 bits per heavy atom. The van der Waals surface area contributed by atoms with Crippen molar-refractivity contribution in [1.29, 1.82) is 0 Å². The number of tetrazole rings is 1. The number of nitrogens with zero attached hydrogens (tertiary/aromatic N) is 4. The average molecular weight is 257 g/mol. The summed E-state index contributed by atoms with van der Waals surface area (Å²) in [5.41, 5.74) is 2.16. The lowest BCUT2D eigenvalue weighted by atomic mass is 9.96. The maximum Gasteiger partial charge on any atom is 0.176 e. The third-order valence-electron chi connectivity index (χ3n) is 4.08. The van der Waals surface area contributed by atoms with Gasteiger partial charge in [0.1, 0.15) is 0 Å². The Morgan fingerprint density at radius 3 is 2.74 bits per heavy atom. The van der Waals surface area contributed by atoms with Crippen molar-refractivity contribution in [3.05, 3.63) is 35.7 Å². The van der Waals surface area contributed by atoms with Crippen LogP contribution in [-0.2, 0) is 5.54 Å². The molecular weight excluding hydrogens is 238 g/mol. The number of aromatic nitrogens is 4. The second-order valence-electron chi connectivity index (χ2n) is 5.29. The molecule has 5 nitrogen and oxygen atoms in total. The Bertz CT molecular complexity index is 569. The molecule has 0 saturated heterocycles. The van der Waals surface area contributed by atoms with Gasteiger partial charge in [0.2, 0.25) is 0 Å². The normalized spacial score (nSPS) is 17.8. The molecule has 0 atom stereocenters. The molecule has 1 fully saturated rings. The van der Waals surface area contributed by atoms with Crippen molar-refractivity contribution in [2.45, 2.75) is 38.1 Å². The van der Waals surface area contributed by atoms with Crippen LogP contribution in [0.1, 0.15) is 37.1 Å². The fourth-order valence-corrected chi connectivity index (χ4v) is 2.98. The third-order valence-corrected chi connectivity index (χ3v) is 4.08. The molecule has 100 valence electrons. The molecule has 0 unspecified atom stereocenters. The van der Waals surface area contributed by atoms with Crippen LogP contribution in [0.4, 0.5) is 0 Å². The summed E-state index contributed by atoms with van der Waals surface area (Å²) in [6.07, 6.45) is 4.63. The summed E-state index contributed by atoms with van der Waals surface area (Å²) in [4.78, 5) is 0. The highest BCUT2D eigenvalue weighted by Crippen LogP contribution is 2.37. The summed E-state index contributed by atoms with van der Waals surface area (Å²) in [5, 5.41) is 15.8. The number of nitrogens with one attached hydrogen (secondary N) is 1. The minimum absolute atomic E-state index is 0.0761. The largest absolute Gasteiger partial charge is 0.308 e. The molecule has 1 aliphatic carbocycles. The monoisotopic (exact) mass is 257 g/mol. The molecule has 5 heteroatoms. The van der Waals surface area contributed by atoms with E-state index < -0.39 is 0 Å². The van der Waals surface area contributed by atoms with Crippen LogP contribution in [0, 0.1) is 6.92 Å². The minimum Gasteiger partial charge on any atom is -0.308 e. The first-order valence-electron chi connectivity index (χ1n) is 6.80. The van der Waals surface area contributed by atoms with Gasteiger partial charge in [-0.1, -0.05) is 25.0 Å². The van der Waals surface area contributed by atoms with Gasteiger partial charge in [-0.25, -0.2) is 0 Å². The smallest absolute Gasteiger partial charge is 0.176 e. The van der Waals surface area contributed by atoms with Crippen molar-refractivity contribution < 1.29 is 0 Å². The Labute approximate surface area is 113 Å². The van der Waals surface area contributed by atoms with Gasteiger partial charge in [-0.05, 0) is 54.9 Å². The lowest BCUT2D eigenvalue weighted by molar-refractivity contribution is 0.341. The second kappa shape index (κ2) is 4.74. The summed E-state index contributed by atoms with van der Waals surface area (Å²) in [6, 6.07) is 8.27. The van der Waals surface area contributed by atoms with Gasteiger partial charge in [0.15, 0.2) is 5.82 Å². The molecule has 0 aliphatic heterocycles. The topological polar surface area (TPSA) is 55.6 Å². The minimum atomic E-state index is -0.0761. The van der Waals surface area contributed by atoms with Crippen LogP contribution in [-0.4, -0.2) is 27.3 Å². The highest BCUT2D eigenvalue weighted by molar-refractivity contribution is 5.35. The zero-order valence-corrected chi connectivity index (χ0v) is 11.4. The van der Waals surface area contributed by atoms with Crippen molar-refractivity contribution in [3.8, 4) is 5.69 Å². The average Bonchev–Trinajstić information content (AvgIpc) is 3.08. The van der Waals surface area contributed by atoms with Gasteiger partial charge in [-0.2, -0.15) is 4.68 Å². The molecule has 0 radical (unpaired) electrons. The molecule has 0 bridgehead atoms. The second-order valence-corrected chi connectivity index (χ2v) is 5.29. The Hall–Kier alpha value is -1.75. The predicted molar refractivity (Wildman–Crippen MR) is 73.1 cm³/mol. The van der Waals surface area contributed by atoms with Crippen LogP contribution in [0.3, 0.4) is 0 Å². The summed E-state index contributed by atoms with van der Waals surface area (Å²) in [7, 11) is 2.00. The number of rotatable bonds is 3. The van der Waals surface area contributed by atoms with Crippen molar-refractivity contribution in [3.63, 3.8) is 0 Å². The number of hydrogen-bond acceptors (Lipinski definition) is 4. The SMILES string of the molecule is CNC1(c2nnnn2-c2cccc(C)c2)CCCC1. The molecule has 1 aromatic carbocycles. The molecule has 1 aliphatic rings. The van der Waals surface area contributed by atoms with Crippen molar-refractivity contribution in [2.24, 2.45) is 0 Å². The standard InChI is InChI=1S/C14H19N5/c1-11-6-5-7-12(10-11)19-13(16-17-18-19)14(15-2)8-3-4-9-14/h5-7,10,15H,3-4,8-9H2,1-2H3. The number of hydrogen-bond donors (Lipinski definition) is 1. The Morgan fingerprint density at radius 1 is 1.26 bits per heavy atom. The van der Waals surface area contributed by atoms with Gasteiger partial charge in [0.25, 0.3) is 0 Å². The van der Waals surface area contributed by atoms with E-state index in [4.69, 9.17) is 0 Å². The predicted octanol–water partition coefficient (Wildman–Crippen LogP) is 1.96. The Kier molecular flexibility index (Phi) is 3.06. The summed E-state index contributed by atoms with van der Waals surface area (Å²) in [5.74, 6) is 0.929. The van der Waals surface area contributed by atoms with Crippen LogP contribution >= 0.6 is 0 Å². The van der Waals surface area contributed by atoms with Gasteiger partial charge in [-0.15, -0.1) is 5.10 Å². The van der Waals surface area contributed by atoms with Gasteiger partial charge < -0.3 is 5.32 Å². The first-order chi connectivity index (χ1) is 9.25. The van der Waals surface area contributed by atoms with Crippen LogP contribution in [0.5, 0.6) is 0 Å². The van der Waals surface area contributed by atoms with Gasteiger partial charge >= 0.3 is 0 Å². The highest BCUT2D eigenvalue weighted by Gasteiger charge is 2.39. The highest BCUT2D eigenvalue weighted by atomic mass is 15.6. The van der Waals surface area contributed by atoms with E-state index in [1.54, 1.807) is 0 Å². The zero-order valence-electron chi connectivity index (χ0n) is 11.4. The van der Waals surface area contributed by atoms with E-state index in [0.717, 1.165) is 24.4 Å². The van der Waals surface area contributed by atoms with E-state index in [2.05, 4.69) is 39.9 Å². The first kappa shape index (κ1) is 12.3. The molecule has 0 spiro atoms. The number of benzene rings is 1. The van der Waals surface area contributed by atoms with E-state index in [9.17, 15) is 0 Å². The van der Waals surface area contributed by atoms with E-state index in [0.29, 0.717) is 0 Å². The maximum atomic E-state index is 4.29. The van der Waals surface area contributed by atoms with Gasteiger partial charge in [0, 0.05) is 0 Å². The van der Waals surface area contributed by atoms with Crippen LogP contribution in [0.2, 0.25) is 0 Å². The van der Waals surface area contributed by atoms with E-state index >= 15 is 0 Å². The molecular formula is C14H19N5. The summed E-state index contributed by atoms with van der Waals surface area (Å²) < 4.78 is 1.87. The molecule has 2 aromatic rings. The van der Waals surface area contributed by atoms with Crippen molar-refractivity contribution in [1.82, 2.24) is 25.5 Å². The van der Waals surface area contributed by atoms with E-state index in [1.165, 1.54) is 18.4 Å². The first-order valence-corrected chi connectivity index (χ1v) is 6.80. The Balaban J connectivity index is 2.07. The zero-order chi connectivity index (χ0) is 13.3. The van der Waals surface area contributed by atoms with Crippen LogP contribution < -0.4 is 5.32 Å². The molecule has 1 N–H and O–H groups in total. The lowest BCUT2D eigenvalue weighted by Gasteiger charge is -2.27. The maximum absolute atomic E-state index is 4.29. The van der Waals surface area contributed by atoms with E-state index in [-0.39, 0.29) is 5.54 Å². The fraction of sp³-hybridized carbons (Fsp3) is 0.500. The van der Waals surface area contributed by atoms with Gasteiger partial charge in [-0.3, -0.25) is 0 Å². The fourth-order valence-electron chi connectivity index (χ4n) is 2.98. The molecule has 1 heterocycles. The van der Waals surface area contributed by atoms with Crippen molar-refractivity contribution in [2.75, 3.05) is 7.05 Å². The molecule has 1 aromatic heterocycles. The van der Waals surface area contributed by atoms with Crippen LogP contribution in [0.25, 0.3) is 5.69 Å². The quantitative estimate of drug-likeness (QED) is 0.913. The molecule has 3 rings (SSSR count). The lowest BCUT2D eigenvalue weighted by Crippen LogP contribution is -2.39. The third kappa shape index (κ3) is 2.04. The van der Waals surface area contributed by atoms with Crippen molar-refractivity contribution >= 4 is 0 Å². The number of aryl methyl sites for hydroxylation is 1. The van der Waals surface area contributed by atoms with E-state index in [1.807, 2.05) is 23.9 Å². The van der Waals surface area contributed by atoms with Crippen LogP contribution in [0.15, 0.2) is 24.3 Å². The molecule has 1 saturated carbocycles. The summed E-state index contributed by atoms with van der Waals surface area (Å²) >= 11 is 0. The van der Waals surface area contributed by atoms with Gasteiger partial charge in [0.05, 0.1) is 11.2 Å². The molecule has 0 amide bonds.